The highest BCUT2D eigenvalue weighted by Gasteiger charge is 2.18. The van der Waals surface area contributed by atoms with Crippen LogP contribution in [-0.2, 0) is 6.54 Å². The molecule has 0 bridgehead atoms. The van der Waals surface area contributed by atoms with E-state index in [1.165, 1.54) is 0 Å². The van der Waals surface area contributed by atoms with E-state index in [-0.39, 0.29) is 6.03 Å². The Hall–Kier alpha value is -1.71. The molecule has 4 heteroatoms. The minimum Gasteiger partial charge on any atom is -0.323 e. The summed E-state index contributed by atoms with van der Waals surface area (Å²) in [7, 11) is 1.73. The van der Waals surface area contributed by atoms with Gasteiger partial charge in [-0.15, -0.1) is 0 Å². The topological polar surface area (TPSA) is 56.1 Å². The Morgan fingerprint density at radius 3 is 3.08 bits per heavy atom. The fraction of sp³-hybridized carbons (Fsp3) is 0.222. The molecule has 0 unspecified atom stereocenters. The van der Waals surface area contributed by atoms with Crippen molar-refractivity contribution in [3.8, 4) is 0 Å². The zero-order valence-electron chi connectivity index (χ0n) is 7.29. The second kappa shape index (κ2) is 2.65. The first kappa shape index (κ1) is 7.91. The highest BCUT2D eigenvalue weighted by atomic mass is 16.2. The van der Waals surface area contributed by atoms with Gasteiger partial charge < -0.3 is 16.0 Å². The summed E-state index contributed by atoms with van der Waals surface area (Å²) >= 11 is 0. The van der Waals surface area contributed by atoms with Gasteiger partial charge in [-0.25, -0.2) is 4.79 Å². The second-order valence-corrected chi connectivity index (χ2v) is 3.16. The molecule has 0 fully saturated rings. The summed E-state index contributed by atoms with van der Waals surface area (Å²) in [4.78, 5) is 12.8. The predicted octanol–water partition coefficient (Wildman–Crippen LogP) is 1.58. The van der Waals surface area contributed by atoms with Crippen molar-refractivity contribution in [2.45, 2.75) is 6.54 Å². The van der Waals surface area contributed by atoms with Gasteiger partial charge in [0.25, 0.3) is 0 Å². The molecule has 2 amide bonds. The molecule has 1 heterocycles. The minimum atomic E-state index is -0.0924. The maximum Gasteiger partial charge on any atom is 0.321 e. The predicted molar refractivity (Wildman–Crippen MR) is 49.7 cm³/mol. The molecule has 1 aliphatic rings. The highest BCUT2D eigenvalue weighted by Crippen LogP contribution is 2.24. The van der Waals surface area contributed by atoms with Gasteiger partial charge >= 0.3 is 6.03 Å². The molecule has 0 saturated heterocycles. The number of urea groups is 1. The van der Waals surface area contributed by atoms with Gasteiger partial charge in [0.2, 0.25) is 0 Å². The van der Waals surface area contributed by atoms with E-state index >= 15 is 0 Å². The van der Waals surface area contributed by atoms with Crippen LogP contribution in [0, 0.1) is 0 Å². The van der Waals surface area contributed by atoms with Crippen LogP contribution >= 0.6 is 0 Å². The number of nitrogens with zero attached hydrogens (tertiary/aromatic N) is 1. The van der Waals surface area contributed by atoms with Crippen LogP contribution in [0.4, 0.5) is 16.2 Å². The fourth-order valence-corrected chi connectivity index (χ4v) is 1.38. The summed E-state index contributed by atoms with van der Waals surface area (Å²) in [5.74, 6) is 0. The molecule has 2 rings (SSSR count). The van der Waals surface area contributed by atoms with Crippen LogP contribution in [0.1, 0.15) is 5.56 Å². The van der Waals surface area contributed by atoms with Crippen LogP contribution in [0.15, 0.2) is 18.2 Å². The van der Waals surface area contributed by atoms with Crippen LogP contribution in [0.25, 0.3) is 0 Å². The van der Waals surface area contributed by atoms with Gasteiger partial charge in [0.1, 0.15) is 0 Å². The van der Waals surface area contributed by atoms with Crippen molar-refractivity contribution in [3.63, 3.8) is 0 Å². The lowest BCUT2D eigenvalue weighted by atomic mass is 10.1. The van der Waals surface area contributed by atoms with E-state index in [1.54, 1.807) is 30.1 Å². The summed E-state index contributed by atoms with van der Waals surface area (Å²) in [6, 6.07) is 5.11. The zero-order valence-corrected chi connectivity index (χ0v) is 7.29. The summed E-state index contributed by atoms with van der Waals surface area (Å²) in [6.07, 6.45) is 0. The number of carbonyl (C=O) groups is 1. The number of amides is 2. The zero-order chi connectivity index (χ0) is 9.42. The first-order valence-electron chi connectivity index (χ1n) is 4.03. The van der Waals surface area contributed by atoms with Gasteiger partial charge in [-0.05, 0) is 23.8 Å². The molecule has 4 nitrogen and oxygen atoms in total. The van der Waals surface area contributed by atoms with Crippen molar-refractivity contribution in [2.75, 3.05) is 12.4 Å². The summed E-state index contributed by atoms with van der Waals surface area (Å²) < 4.78 is 0. The smallest absolute Gasteiger partial charge is 0.321 e. The Balaban J connectivity index is 2.42. The quantitative estimate of drug-likeness (QED) is 0.641. The Bertz CT molecular complexity index is 362. The van der Waals surface area contributed by atoms with Crippen LogP contribution < -0.4 is 11.1 Å². The van der Waals surface area contributed by atoms with Gasteiger partial charge in [-0.3, -0.25) is 0 Å². The van der Waals surface area contributed by atoms with Crippen LogP contribution in [0.5, 0.6) is 0 Å². The van der Waals surface area contributed by atoms with Crippen LogP contribution in [-0.4, -0.2) is 18.0 Å². The van der Waals surface area contributed by atoms with Gasteiger partial charge in [0.15, 0.2) is 0 Å². The van der Waals surface area contributed by atoms with E-state index in [9.17, 15) is 4.79 Å². The average Bonchev–Trinajstić information content (AvgIpc) is 2.08. The normalized spacial score (nSPS) is 15.2. The van der Waals surface area contributed by atoms with Crippen LogP contribution in [0.3, 0.4) is 0 Å². The summed E-state index contributed by atoms with van der Waals surface area (Å²) in [6.45, 7) is 0.577. The largest absolute Gasteiger partial charge is 0.323 e. The van der Waals surface area contributed by atoms with E-state index < -0.39 is 0 Å². The van der Waals surface area contributed by atoms with Crippen molar-refractivity contribution >= 4 is 17.4 Å². The highest BCUT2D eigenvalue weighted by molar-refractivity contribution is 5.92. The fourth-order valence-electron chi connectivity index (χ4n) is 1.38. The molecule has 13 heavy (non-hydrogen) atoms. The van der Waals surface area contributed by atoms with Gasteiger partial charge in [-0.1, -0.05) is 0 Å². The molecule has 0 spiro atoms. The molecular formula is C9H10N3O. The first-order valence-corrected chi connectivity index (χ1v) is 4.03. The molecule has 1 aliphatic heterocycles. The number of hydrogen-bond donors (Lipinski definition) is 1. The monoisotopic (exact) mass is 176 g/mol. The number of rotatable bonds is 0. The summed E-state index contributed by atoms with van der Waals surface area (Å²) in [5.41, 5.74) is 9.71. The van der Waals surface area contributed by atoms with E-state index in [0.717, 1.165) is 11.3 Å². The Labute approximate surface area is 76.3 Å². The van der Waals surface area contributed by atoms with E-state index in [2.05, 4.69) is 5.32 Å². The molecule has 0 saturated carbocycles. The van der Waals surface area contributed by atoms with E-state index in [1.807, 2.05) is 0 Å². The van der Waals surface area contributed by atoms with Gasteiger partial charge in [0.05, 0.1) is 5.69 Å². The molecule has 1 radical (unpaired) electrons. The molecule has 1 aromatic rings. The maximum atomic E-state index is 11.2. The third kappa shape index (κ3) is 1.30. The molecule has 1 aromatic carbocycles. The Morgan fingerprint density at radius 2 is 2.31 bits per heavy atom. The SMILES string of the molecule is CN1Cc2cc([NH])ccc2NC1=O. The lowest BCUT2D eigenvalue weighted by Gasteiger charge is -2.25. The number of hydrogen-bond acceptors (Lipinski definition) is 1. The number of carbonyl (C=O) groups excluding carboxylic acids is 1. The number of benzene rings is 1. The first-order chi connectivity index (χ1) is 6.16. The number of anilines is 1. The van der Waals surface area contributed by atoms with Gasteiger partial charge in [-0.2, -0.15) is 0 Å². The number of nitrogens with one attached hydrogen (secondary N) is 2. The average molecular weight is 176 g/mol. The molecule has 2 N–H and O–H groups in total. The number of fused-ring (bicyclic) bond motifs is 1. The van der Waals surface area contributed by atoms with E-state index in [4.69, 9.17) is 5.73 Å². The Kier molecular flexibility index (Phi) is 1.62. The molecular weight excluding hydrogens is 166 g/mol. The third-order valence-corrected chi connectivity index (χ3v) is 2.10. The van der Waals surface area contributed by atoms with Crippen molar-refractivity contribution in [3.05, 3.63) is 23.8 Å². The molecule has 0 atom stereocenters. The Morgan fingerprint density at radius 1 is 1.54 bits per heavy atom. The van der Waals surface area contributed by atoms with Gasteiger partial charge in [0, 0.05) is 19.3 Å². The van der Waals surface area contributed by atoms with Crippen molar-refractivity contribution in [1.82, 2.24) is 10.6 Å². The maximum absolute atomic E-state index is 11.2. The standard InChI is InChI=1S/C9H10N3O/c1-12-5-6-4-7(10)2-3-8(6)11-9(12)13/h2-4,10H,5H2,1H3,(H,11,13). The lowest BCUT2D eigenvalue weighted by molar-refractivity contribution is 0.218. The minimum absolute atomic E-state index is 0.0924. The molecule has 0 aromatic heterocycles. The molecule has 67 valence electrons. The van der Waals surface area contributed by atoms with Crippen LogP contribution in [0.2, 0.25) is 0 Å². The van der Waals surface area contributed by atoms with Crippen molar-refractivity contribution in [2.24, 2.45) is 0 Å². The van der Waals surface area contributed by atoms with Crippen molar-refractivity contribution < 1.29 is 4.79 Å². The van der Waals surface area contributed by atoms with E-state index in [0.29, 0.717) is 12.2 Å². The second-order valence-electron chi connectivity index (χ2n) is 3.16. The lowest BCUT2D eigenvalue weighted by Crippen LogP contribution is -2.35. The summed E-state index contributed by atoms with van der Waals surface area (Å²) in [5, 5.41) is 2.74. The molecule has 0 aliphatic carbocycles. The third-order valence-electron chi connectivity index (χ3n) is 2.10. The van der Waals surface area contributed by atoms with Crippen molar-refractivity contribution in [1.29, 1.82) is 0 Å².